The lowest BCUT2D eigenvalue weighted by Crippen LogP contribution is -2.45. The van der Waals surface area contributed by atoms with Crippen molar-refractivity contribution < 1.29 is 0 Å². The van der Waals surface area contributed by atoms with Crippen LogP contribution in [0.5, 0.6) is 0 Å². The number of aromatic nitrogens is 2. The fourth-order valence-corrected chi connectivity index (χ4v) is 5.33. The summed E-state index contributed by atoms with van der Waals surface area (Å²) >= 11 is 0. The summed E-state index contributed by atoms with van der Waals surface area (Å²) in [5, 5.41) is 10.3. The summed E-state index contributed by atoms with van der Waals surface area (Å²) < 4.78 is 3.83. The van der Waals surface area contributed by atoms with Gasteiger partial charge in [-0.1, -0.05) is 0 Å². The van der Waals surface area contributed by atoms with E-state index in [4.69, 9.17) is 0 Å². The van der Waals surface area contributed by atoms with E-state index in [1.54, 1.807) is 12.1 Å². The first kappa shape index (κ1) is 19.7. The number of nitrogens with zero attached hydrogens (tertiary/aromatic N) is 2. The Bertz CT molecular complexity index is 1020. The maximum atomic E-state index is 12.6. The van der Waals surface area contributed by atoms with Crippen molar-refractivity contribution in [1.29, 1.82) is 0 Å². The molecule has 2 aromatic heterocycles. The predicted molar refractivity (Wildman–Crippen MR) is 117 cm³/mol. The zero-order valence-electron chi connectivity index (χ0n) is 17.4. The SMILES string of the molecule is O=c1cc(CNCc2cc3n(c(=O)c2)CC2CNCC3C2)ccn1C1CCCNC1. The summed E-state index contributed by atoms with van der Waals surface area (Å²) in [6, 6.07) is 7.97. The van der Waals surface area contributed by atoms with E-state index in [1.165, 1.54) is 12.1 Å². The van der Waals surface area contributed by atoms with Gasteiger partial charge < -0.3 is 25.1 Å². The largest absolute Gasteiger partial charge is 0.316 e. The van der Waals surface area contributed by atoms with Crippen LogP contribution in [-0.2, 0) is 19.6 Å². The van der Waals surface area contributed by atoms with E-state index in [2.05, 4.69) is 22.0 Å². The van der Waals surface area contributed by atoms with Crippen molar-refractivity contribution >= 4 is 0 Å². The number of piperidine rings is 2. The van der Waals surface area contributed by atoms with Crippen LogP contribution < -0.4 is 27.1 Å². The third kappa shape index (κ3) is 4.02. The minimum atomic E-state index is 0.0642. The molecule has 7 heteroatoms. The molecule has 3 N–H and O–H groups in total. The van der Waals surface area contributed by atoms with Crippen LogP contribution >= 0.6 is 0 Å². The minimum absolute atomic E-state index is 0.0642. The van der Waals surface area contributed by atoms with E-state index >= 15 is 0 Å². The van der Waals surface area contributed by atoms with Crippen molar-refractivity contribution in [3.05, 3.63) is 68.0 Å². The summed E-state index contributed by atoms with van der Waals surface area (Å²) in [4.78, 5) is 25.2. The van der Waals surface area contributed by atoms with Gasteiger partial charge in [-0.05, 0) is 61.5 Å². The van der Waals surface area contributed by atoms with E-state index in [0.29, 0.717) is 24.9 Å². The summed E-state index contributed by atoms with van der Waals surface area (Å²) in [6.07, 6.45) is 5.26. The zero-order chi connectivity index (χ0) is 20.5. The topological polar surface area (TPSA) is 80.1 Å². The highest BCUT2D eigenvalue weighted by Gasteiger charge is 2.31. The van der Waals surface area contributed by atoms with Crippen LogP contribution in [0.25, 0.3) is 0 Å². The summed E-state index contributed by atoms with van der Waals surface area (Å²) in [5.74, 6) is 1.01. The molecule has 7 nitrogen and oxygen atoms in total. The first-order valence-corrected chi connectivity index (χ1v) is 11.2. The van der Waals surface area contributed by atoms with Crippen LogP contribution in [0.15, 0.2) is 40.1 Å². The van der Waals surface area contributed by atoms with Crippen molar-refractivity contribution in [3.8, 4) is 0 Å². The lowest BCUT2D eigenvalue weighted by Gasteiger charge is -2.37. The second kappa shape index (κ2) is 8.49. The highest BCUT2D eigenvalue weighted by Crippen LogP contribution is 2.32. The van der Waals surface area contributed by atoms with Crippen LogP contribution in [0.1, 0.15) is 48.0 Å². The molecule has 3 atom stereocenters. The Morgan fingerprint density at radius 3 is 2.70 bits per heavy atom. The van der Waals surface area contributed by atoms with E-state index < -0.39 is 0 Å². The number of rotatable bonds is 5. The zero-order valence-corrected chi connectivity index (χ0v) is 17.4. The maximum Gasteiger partial charge on any atom is 0.251 e. The van der Waals surface area contributed by atoms with Gasteiger partial charge >= 0.3 is 0 Å². The highest BCUT2D eigenvalue weighted by molar-refractivity contribution is 5.24. The first-order chi connectivity index (χ1) is 14.7. The number of nitrogens with one attached hydrogen (secondary N) is 3. The Kier molecular flexibility index (Phi) is 5.58. The summed E-state index contributed by atoms with van der Waals surface area (Å²) in [7, 11) is 0. The fourth-order valence-electron chi connectivity index (χ4n) is 5.33. The van der Waals surface area contributed by atoms with Gasteiger partial charge in [0.25, 0.3) is 11.1 Å². The van der Waals surface area contributed by atoms with Crippen LogP contribution in [0.3, 0.4) is 0 Å². The Morgan fingerprint density at radius 2 is 1.87 bits per heavy atom. The normalized spacial score (nSPS) is 25.7. The first-order valence-electron chi connectivity index (χ1n) is 11.2. The second-order valence-electron chi connectivity index (χ2n) is 9.08. The Labute approximate surface area is 176 Å². The van der Waals surface area contributed by atoms with Crippen molar-refractivity contribution in [2.45, 2.75) is 50.9 Å². The van der Waals surface area contributed by atoms with Crippen molar-refractivity contribution in [2.24, 2.45) is 5.92 Å². The molecule has 0 spiro atoms. The molecule has 5 rings (SSSR count). The molecule has 2 fully saturated rings. The van der Waals surface area contributed by atoms with Gasteiger partial charge in [-0.25, -0.2) is 0 Å². The van der Waals surface area contributed by atoms with Gasteiger partial charge in [-0.3, -0.25) is 9.59 Å². The molecular formula is C23H31N5O2. The molecule has 0 aliphatic carbocycles. The van der Waals surface area contributed by atoms with Crippen LogP contribution in [-0.4, -0.2) is 35.3 Å². The Balaban J connectivity index is 1.24. The number of hydrogen-bond acceptors (Lipinski definition) is 5. The average Bonchev–Trinajstić information content (AvgIpc) is 2.76. The van der Waals surface area contributed by atoms with Crippen molar-refractivity contribution in [1.82, 2.24) is 25.1 Å². The lowest BCUT2D eigenvalue weighted by molar-refractivity contribution is 0.257. The van der Waals surface area contributed by atoms with Crippen molar-refractivity contribution in [2.75, 3.05) is 26.2 Å². The van der Waals surface area contributed by atoms with E-state index in [1.807, 2.05) is 21.4 Å². The minimum Gasteiger partial charge on any atom is -0.316 e. The smallest absolute Gasteiger partial charge is 0.251 e. The van der Waals surface area contributed by atoms with E-state index in [-0.39, 0.29) is 17.2 Å². The summed E-state index contributed by atoms with van der Waals surface area (Å²) in [5.41, 5.74) is 3.36. The Morgan fingerprint density at radius 1 is 1.00 bits per heavy atom. The molecule has 3 aliphatic rings. The van der Waals surface area contributed by atoms with Crippen LogP contribution in [0.2, 0.25) is 0 Å². The molecule has 3 unspecified atom stereocenters. The number of fused-ring (bicyclic) bond motifs is 4. The van der Waals surface area contributed by atoms with Gasteiger partial charge in [0.05, 0.1) is 0 Å². The number of pyridine rings is 2. The van der Waals surface area contributed by atoms with Crippen LogP contribution in [0, 0.1) is 5.92 Å². The second-order valence-corrected chi connectivity index (χ2v) is 9.08. The monoisotopic (exact) mass is 409 g/mol. The van der Waals surface area contributed by atoms with E-state index in [9.17, 15) is 9.59 Å². The molecule has 160 valence electrons. The van der Waals surface area contributed by atoms with Gasteiger partial charge in [0, 0.05) is 68.7 Å². The van der Waals surface area contributed by atoms with Crippen LogP contribution in [0.4, 0.5) is 0 Å². The summed E-state index contributed by atoms with van der Waals surface area (Å²) in [6.45, 7) is 5.95. The molecule has 30 heavy (non-hydrogen) atoms. The highest BCUT2D eigenvalue weighted by atomic mass is 16.1. The van der Waals surface area contributed by atoms with Gasteiger partial charge in [-0.15, -0.1) is 0 Å². The molecular weight excluding hydrogens is 378 g/mol. The molecule has 2 bridgehead atoms. The molecule has 5 heterocycles. The average molecular weight is 410 g/mol. The molecule has 2 aromatic rings. The third-order valence-corrected chi connectivity index (χ3v) is 6.86. The molecule has 2 saturated heterocycles. The van der Waals surface area contributed by atoms with Gasteiger partial charge in [-0.2, -0.15) is 0 Å². The van der Waals surface area contributed by atoms with Gasteiger partial charge in [0.1, 0.15) is 0 Å². The third-order valence-electron chi connectivity index (χ3n) is 6.86. The Hall–Kier alpha value is -2.22. The molecule has 0 amide bonds. The van der Waals surface area contributed by atoms with Gasteiger partial charge in [0.15, 0.2) is 0 Å². The predicted octanol–water partition coefficient (Wildman–Crippen LogP) is 0.931. The van der Waals surface area contributed by atoms with Gasteiger partial charge in [0.2, 0.25) is 0 Å². The lowest BCUT2D eigenvalue weighted by atomic mass is 9.84. The van der Waals surface area contributed by atoms with Crippen molar-refractivity contribution in [3.63, 3.8) is 0 Å². The number of hydrogen-bond donors (Lipinski definition) is 3. The molecule has 0 aromatic carbocycles. The fraction of sp³-hybridized carbons (Fsp3) is 0.565. The maximum absolute atomic E-state index is 12.6. The molecule has 0 saturated carbocycles. The molecule has 3 aliphatic heterocycles. The standard InChI is InChI=1S/C23H31N5O2/c29-22-8-16(3-5-27(22)20-2-1-4-24-14-20)10-25-11-17-7-21-19-6-18(12-26-13-19)15-28(21)23(30)9-17/h3,5,7-9,18-20,24-26H,1-2,4,6,10-15H2. The van der Waals surface area contributed by atoms with E-state index in [0.717, 1.165) is 56.7 Å². The quantitative estimate of drug-likeness (QED) is 0.685. The molecule has 0 radical (unpaired) electrons.